The molecule has 0 spiro atoms. The summed E-state index contributed by atoms with van der Waals surface area (Å²) in [4.78, 5) is 86.3. The van der Waals surface area contributed by atoms with E-state index >= 15 is 0 Å². The third-order valence-electron chi connectivity index (χ3n) is 11.7. The van der Waals surface area contributed by atoms with Crippen molar-refractivity contribution in [3.63, 3.8) is 0 Å². The number of hydrogen-bond acceptors (Lipinski definition) is 11. The predicted molar refractivity (Wildman–Crippen MR) is 263 cm³/mol. The molecule has 1 saturated heterocycles. The zero-order valence-corrected chi connectivity index (χ0v) is 39.0. The van der Waals surface area contributed by atoms with E-state index in [2.05, 4.69) is 46.5 Å². The summed E-state index contributed by atoms with van der Waals surface area (Å²) in [5.41, 5.74) is 8.43. The minimum Gasteiger partial charge on any atom is -0.391 e. The molecule has 16 nitrogen and oxygen atoms in total. The Kier molecular flexibility index (Phi) is 13.8. The second-order valence-electron chi connectivity index (χ2n) is 17.9. The molecule has 348 valence electrons. The Labute approximate surface area is 397 Å². The van der Waals surface area contributed by atoms with E-state index in [0.717, 1.165) is 43.9 Å². The second kappa shape index (κ2) is 20.0. The van der Waals surface area contributed by atoms with Gasteiger partial charge < -0.3 is 41.6 Å². The number of aliphatic hydroxyl groups excluding tert-OH is 1. The van der Waals surface area contributed by atoms with E-state index in [0.29, 0.717) is 28.4 Å². The van der Waals surface area contributed by atoms with Gasteiger partial charge in [0.2, 0.25) is 23.6 Å². The van der Waals surface area contributed by atoms with Crippen LogP contribution in [0, 0.1) is 12.3 Å². The highest BCUT2D eigenvalue weighted by Gasteiger charge is 2.45. The Morgan fingerprint density at radius 2 is 1.59 bits per heavy atom. The van der Waals surface area contributed by atoms with Crippen LogP contribution in [0.5, 0.6) is 0 Å². The fraction of sp³-hybridized carbons (Fsp3) is 0.255. The minimum absolute atomic E-state index is 0.0336. The van der Waals surface area contributed by atoms with Gasteiger partial charge in [-0.05, 0) is 78.9 Å². The number of carbonyl (C=O) groups is 5. The molecule has 4 atom stereocenters. The van der Waals surface area contributed by atoms with Crippen LogP contribution in [0.4, 0.5) is 22.9 Å². The Balaban J connectivity index is 0.830. The van der Waals surface area contributed by atoms with Gasteiger partial charge in [0.1, 0.15) is 30.6 Å². The van der Waals surface area contributed by atoms with Crippen LogP contribution in [0.2, 0.25) is 0 Å². The summed E-state index contributed by atoms with van der Waals surface area (Å²) < 4.78 is 0. The molecule has 8 rings (SSSR count). The lowest BCUT2D eigenvalue weighted by molar-refractivity contribution is -0.144. The van der Waals surface area contributed by atoms with Gasteiger partial charge in [0.25, 0.3) is 5.91 Å². The third-order valence-corrected chi connectivity index (χ3v) is 12.7. The Morgan fingerprint density at radius 3 is 2.32 bits per heavy atom. The fourth-order valence-electron chi connectivity index (χ4n) is 8.17. The minimum atomic E-state index is -1.12. The smallest absolute Gasteiger partial charge is 0.255 e. The number of nitrogens with zero attached hydrogens (tertiary/aromatic N) is 4. The summed E-state index contributed by atoms with van der Waals surface area (Å²) in [6, 6.07) is 28.6. The average Bonchev–Trinajstić information content (AvgIpc) is 4.06. The predicted octanol–water partition coefficient (Wildman–Crippen LogP) is 7.75. The molecule has 3 aromatic heterocycles. The van der Waals surface area contributed by atoms with Gasteiger partial charge in [-0.3, -0.25) is 24.0 Å². The number of H-pyrrole nitrogens is 1. The number of fused-ring (bicyclic) bond motifs is 1. The first kappa shape index (κ1) is 46.8. The van der Waals surface area contributed by atoms with E-state index < -0.39 is 59.7 Å². The summed E-state index contributed by atoms with van der Waals surface area (Å²) in [6.45, 7) is 9.02. The maximum atomic E-state index is 14.1. The number of aromatic amines is 1. The lowest BCUT2D eigenvalue weighted by Crippen LogP contribution is -2.58. The Hall–Kier alpha value is -7.76. The monoisotopic (exact) mass is 932 g/mol. The van der Waals surface area contributed by atoms with Gasteiger partial charge >= 0.3 is 0 Å². The van der Waals surface area contributed by atoms with Gasteiger partial charge in [-0.1, -0.05) is 69.3 Å². The number of anilines is 4. The highest BCUT2D eigenvalue weighted by Crippen LogP contribution is 2.31. The van der Waals surface area contributed by atoms with Crippen LogP contribution in [0.3, 0.4) is 0 Å². The van der Waals surface area contributed by atoms with Gasteiger partial charge in [0.05, 0.1) is 33.9 Å². The second-order valence-corrected chi connectivity index (χ2v) is 18.7. The third kappa shape index (κ3) is 10.9. The summed E-state index contributed by atoms with van der Waals surface area (Å²) in [7, 11) is 0. The number of aliphatic hydroxyl groups is 1. The lowest BCUT2D eigenvalue weighted by Gasteiger charge is -2.35. The Morgan fingerprint density at radius 1 is 0.838 bits per heavy atom. The highest BCUT2D eigenvalue weighted by molar-refractivity contribution is 7.13. The maximum Gasteiger partial charge on any atom is 0.255 e. The molecule has 0 aliphatic carbocycles. The number of likely N-dealkylation sites (tertiary alicyclic amines) is 1. The number of nitrogens with one attached hydrogen (secondary N) is 6. The largest absolute Gasteiger partial charge is 0.391 e. The van der Waals surface area contributed by atoms with E-state index in [4.69, 9.17) is 0 Å². The molecule has 4 aromatic carbocycles. The summed E-state index contributed by atoms with van der Waals surface area (Å²) in [6.07, 6.45) is 1.90. The number of para-hydroxylation sites is 1. The summed E-state index contributed by atoms with van der Waals surface area (Å²) in [5, 5.41) is 26.3. The maximum absolute atomic E-state index is 14.1. The van der Waals surface area contributed by atoms with Crippen LogP contribution < -0.4 is 26.6 Å². The van der Waals surface area contributed by atoms with Gasteiger partial charge in [0.15, 0.2) is 0 Å². The standard InChI is InChI=1S/C51H52N10O6S/c1-29(31-13-15-32(16-14-31)46-30(2)55-28-68-46)56-49(66)42-22-37(62)26-61(42)50(67)47(51(3,4)5)60-45(64)24-44(63)58-34-19-17-33(18-20-34)48(65)59-36-10-8-9-35(21-36)57-43-23-41(53-27-54-43)39-25-52-40-12-7-6-11-38(39)40/h6-21,23,25,27-29,37,42,47,52,62H,22,24,26H2,1-5H3,(H,56,66)(H,58,63)(H,59,65)(H,60,64)(H,53,54,57)/t29-,37+,42?,47+/m0/s1. The number of rotatable bonds is 14. The van der Waals surface area contributed by atoms with Gasteiger partial charge in [-0.25, -0.2) is 15.0 Å². The van der Waals surface area contributed by atoms with E-state index in [-0.39, 0.29) is 18.9 Å². The van der Waals surface area contributed by atoms with Crippen LogP contribution in [0.1, 0.15) is 68.2 Å². The van der Waals surface area contributed by atoms with Crippen LogP contribution in [-0.2, 0) is 19.2 Å². The van der Waals surface area contributed by atoms with E-state index in [1.54, 1.807) is 80.1 Å². The molecule has 4 heterocycles. The van der Waals surface area contributed by atoms with Gasteiger partial charge in [0, 0.05) is 64.3 Å². The van der Waals surface area contributed by atoms with Crippen LogP contribution in [0.15, 0.2) is 121 Å². The number of thiazole rings is 1. The zero-order chi connectivity index (χ0) is 48.1. The van der Waals surface area contributed by atoms with Crippen molar-refractivity contribution in [3.8, 4) is 21.7 Å². The van der Waals surface area contributed by atoms with Crippen molar-refractivity contribution in [1.82, 2.24) is 35.5 Å². The number of carbonyl (C=O) groups excluding carboxylic acids is 5. The average molecular weight is 933 g/mol. The van der Waals surface area contributed by atoms with E-state index in [9.17, 15) is 29.1 Å². The molecule has 0 radical (unpaired) electrons. The molecule has 68 heavy (non-hydrogen) atoms. The fourth-order valence-corrected chi connectivity index (χ4v) is 8.98. The highest BCUT2D eigenvalue weighted by atomic mass is 32.1. The molecule has 1 aliphatic rings. The molecular weight excluding hydrogens is 881 g/mol. The first-order valence-corrected chi connectivity index (χ1v) is 23.0. The topological polar surface area (TPSA) is 223 Å². The number of aromatic nitrogens is 4. The summed E-state index contributed by atoms with van der Waals surface area (Å²) in [5.74, 6) is -2.12. The van der Waals surface area contributed by atoms with Crippen molar-refractivity contribution in [2.75, 3.05) is 22.5 Å². The normalized spacial score (nSPS) is 15.6. The van der Waals surface area contributed by atoms with Crippen molar-refractivity contribution in [3.05, 3.63) is 138 Å². The van der Waals surface area contributed by atoms with Crippen molar-refractivity contribution < 1.29 is 29.1 Å². The molecule has 1 unspecified atom stereocenters. The SMILES string of the molecule is Cc1ncsc1-c1ccc([C@H](C)NC(=O)C2C[C@@H](O)CN2C(=O)[C@@H](NC(=O)CC(=O)Nc2ccc(C(=O)Nc3cccc(Nc4cc(-c5c[nH]c6ccccc56)ncn4)c3)cc2)C(C)(C)C)cc1. The van der Waals surface area contributed by atoms with Crippen molar-refractivity contribution in [1.29, 1.82) is 0 Å². The Bertz CT molecular complexity index is 2980. The molecule has 7 N–H and O–H groups in total. The van der Waals surface area contributed by atoms with E-state index in [1.165, 1.54) is 11.2 Å². The lowest BCUT2D eigenvalue weighted by atomic mass is 9.85. The molecule has 7 aromatic rings. The van der Waals surface area contributed by atoms with Crippen LogP contribution in [0.25, 0.3) is 32.6 Å². The van der Waals surface area contributed by atoms with Gasteiger partial charge in [-0.2, -0.15) is 0 Å². The number of benzene rings is 4. The first-order chi connectivity index (χ1) is 32.6. The van der Waals surface area contributed by atoms with Crippen molar-refractivity contribution in [2.24, 2.45) is 5.41 Å². The van der Waals surface area contributed by atoms with Crippen LogP contribution >= 0.6 is 11.3 Å². The molecule has 17 heteroatoms. The molecule has 0 saturated carbocycles. The molecular formula is C51H52N10O6S. The number of aryl methyl sites for hydroxylation is 1. The first-order valence-electron chi connectivity index (χ1n) is 22.1. The molecule has 5 amide bonds. The number of hydrogen-bond donors (Lipinski definition) is 7. The van der Waals surface area contributed by atoms with Gasteiger partial charge in [-0.15, -0.1) is 11.3 Å². The van der Waals surface area contributed by atoms with Crippen LogP contribution in [-0.4, -0.2) is 84.2 Å². The zero-order valence-electron chi connectivity index (χ0n) is 38.2. The summed E-state index contributed by atoms with van der Waals surface area (Å²) >= 11 is 1.56. The van der Waals surface area contributed by atoms with E-state index in [1.807, 2.05) is 80.7 Å². The molecule has 0 bridgehead atoms. The molecule has 1 fully saturated rings. The van der Waals surface area contributed by atoms with Crippen molar-refractivity contribution >= 4 is 74.7 Å². The van der Waals surface area contributed by atoms with Crippen molar-refractivity contribution in [2.45, 2.75) is 71.7 Å². The number of β-amino-alcohol motifs (C(OH)–C–C–N with tert-alkyl or cyclic N) is 1. The quantitative estimate of drug-likeness (QED) is 0.0525. The molecule has 1 aliphatic heterocycles. The number of amides is 5.